The van der Waals surface area contributed by atoms with E-state index in [1.165, 1.54) is 0 Å². The predicted octanol–water partition coefficient (Wildman–Crippen LogP) is 5.63. The van der Waals surface area contributed by atoms with E-state index in [1.807, 2.05) is 42.5 Å². The number of carbonyl (C=O) groups excluding carboxylic acids is 1. The van der Waals surface area contributed by atoms with Crippen LogP contribution >= 0.6 is 11.6 Å². The summed E-state index contributed by atoms with van der Waals surface area (Å²) in [4.78, 5) is 12.3. The second-order valence-corrected chi connectivity index (χ2v) is 6.10. The summed E-state index contributed by atoms with van der Waals surface area (Å²) >= 11 is 6.14. The van der Waals surface area contributed by atoms with Crippen molar-refractivity contribution in [3.8, 4) is 16.9 Å². The highest BCUT2D eigenvalue weighted by Gasteiger charge is 2.15. The number of benzene rings is 3. The van der Waals surface area contributed by atoms with Crippen molar-refractivity contribution in [2.45, 2.75) is 13.0 Å². The second kappa shape index (κ2) is 7.41. The van der Waals surface area contributed by atoms with Gasteiger partial charge in [-0.3, -0.25) is 0 Å². The Morgan fingerprint density at radius 2 is 1.48 bits per heavy atom. The van der Waals surface area contributed by atoms with Crippen LogP contribution in [0.4, 0.5) is 0 Å². The third kappa shape index (κ3) is 4.01. The van der Waals surface area contributed by atoms with Gasteiger partial charge in [0.1, 0.15) is 11.9 Å². The van der Waals surface area contributed by atoms with E-state index < -0.39 is 12.1 Å². The molecule has 0 bridgehead atoms. The van der Waals surface area contributed by atoms with E-state index in [2.05, 4.69) is 0 Å². The fourth-order valence-corrected chi connectivity index (χ4v) is 2.84. The van der Waals surface area contributed by atoms with E-state index in [0.717, 1.165) is 16.7 Å². The van der Waals surface area contributed by atoms with Gasteiger partial charge in [-0.05, 0) is 48.4 Å². The van der Waals surface area contributed by atoms with Gasteiger partial charge in [0.25, 0.3) is 0 Å². The van der Waals surface area contributed by atoms with Crippen molar-refractivity contribution in [2.24, 2.45) is 0 Å². The average Bonchev–Trinajstić information content (AvgIpc) is 2.63. The van der Waals surface area contributed by atoms with Gasteiger partial charge in [0, 0.05) is 10.6 Å². The maximum Gasteiger partial charge on any atom is 0.338 e. The van der Waals surface area contributed by atoms with Gasteiger partial charge in [0.15, 0.2) is 0 Å². The zero-order chi connectivity index (χ0) is 17.8. The van der Waals surface area contributed by atoms with Crippen molar-refractivity contribution in [3.63, 3.8) is 0 Å². The highest BCUT2D eigenvalue weighted by Crippen LogP contribution is 2.27. The Hall–Kier alpha value is -2.78. The molecule has 0 unspecified atom stereocenters. The molecule has 0 aliphatic carbocycles. The van der Waals surface area contributed by atoms with Crippen LogP contribution in [0.15, 0.2) is 72.8 Å². The summed E-state index contributed by atoms with van der Waals surface area (Å²) in [6.45, 7) is 1.80. The molecule has 1 atom stereocenters. The molecule has 0 amide bonds. The molecule has 0 aromatic heterocycles. The van der Waals surface area contributed by atoms with Crippen molar-refractivity contribution < 1.29 is 14.6 Å². The van der Waals surface area contributed by atoms with Crippen LogP contribution in [0.25, 0.3) is 11.1 Å². The molecule has 3 aromatic rings. The minimum Gasteiger partial charge on any atom is -0.508 e. The average molecular weight is 353 g/mol. The Kier molecular flexibility index (Phi) is 5.05. The number of carbonyl (C=O) groups is 1. The molecule has 0 saturated carbocycles. The maximum absolute atomic E-state index is 12.3. The summed E-state index contributed by atoms with van der Waals surface area (Å²) in [5.41, 5.74) is 3.16. The Balaban J connectivity index is 1.72. The van der Waals surface area contributed by atoms with Crippen molar-refractivity contribution >= 4 is 17.6 Å². The number of aromatic hydroxyl groups is 1. The molecular weight excluding hydrogens is 336 g/mol. The number of ether oxygens (including phenoxy) is 1. The highest BCUT2D eigenvalue weighted by molar-refractivity contribution is 6.31. The van der Waals surface area contributed by atoms with Gasteiger partial charge in [-0.1, -0.05) is 54.1 Å². The largest absolute Gasteiger partial charge is 0.508 e. The van der Waals surface area contributed by atoms with Crippen LogP contribution in [0.2, 0.25) is 5.02 Å². The van der Waals surface area contributed by atoms with Crippen LogP contribution in [-0.2, 0) is 4.74 Å². The van der Waals surface area contributed by atoms with E-state index in [4.69, 9.17) is 16.3 Å². The molecule has 126 valence electrons. The lowest BCUT2D eigenvalue weighted by atomic mass is 10.0. The molecule has 0 spiro atoms. The van der Waals surface area contributed by atoms with Gasteiger partial charge >= 0.3 is 5.97 Å². The minimum absolute atomic E-state index is 0.220. The summed E-state index contributed by atoms with van der Waals surface area (Å²) in [5, 5.41) is 9.92. The standard InChI is InChI=1S/C21H17ClO3/c1-14(19-4-2-3-5-20(19)22)25-21(24)17-8-6-15(7-9-17)16-10-12-18(23)13-11-16/h2-14,23H,1H3/t14-/m0/s1. The van der Waals surface area contributed by atoms with Crippen LogP contribution in [0.5, 0.6) is 5.75 Å². The summed E-state index contributed by atoms with van der Waals surface area (Å²) in [5.74, 6) is -0.179. The fraction of sp³-hybridized carbons (Fsp3) is 0.0952. The van der Waals surface area contributed by atoms with Crippen LogP contribution < -0.4 is 0 Å². The van der Waals surface area contributed by atoms with Gasteiger partial charge in [0.05, 0.1) is 5.56 Å². The Labute approximate surface area is 151 Å². The number of phenols is 1. The predicted molar refractivity (Wildman–Crippen MR) is 98.8 cm³/mol. The molecule has 0 heterocycles. The first kappa shape index (κ1) is 17.1. The lowest BCUT2D eigenvalue weighted by Crippen LogP contribution is -2.09. The quantitative estimate of drug-likeness (QED) is 0.619. The minimum atomic E-state index is -0.432. The van der Waals surface area contributed by atoms with Crippen LogP contribution in [-0.4, -0.2) is 11.1 Å². The van der Waals surface area contributed by atoms with Gasteiger partial charge in [-0.25, -0.2) is 4.79 Å². The molecule has 0 saturated heterocycles. The molecule has 3 nitrogen and oxygen atoms in total. The third-order valence-electron chi connectivity index (χ3n) is 3.95. The van der Waals surface area contributed by atoms with Crippen molar-refractivity contribution in [1.29, 1.82) is 0 Å². The van der Waals surface area contributed by atoms with Gasteiger partial charge in [-0.15, -0.1) is 0 Å². The van der Waals surface area contributed by atoms with Crippen molar-refractivity contribution in [1.82, 2.24) is 0 Å². The molecule has 1 N–H and O–H groups in total. The zero-order valence-electron chi connectivity index (χ0n) is 13.6. The summed E-state index contributed by atoms with van der Waals surface area (Å²) in [7, 11) is 0. The molecule has 0 aliphatic heterocycles. The normalized spacial score (nSPS) is 11.8. The Morgan fingerprint density at radius 1 is 0.920 bits per heavy atom. The van der Waals surface area contributed by atoms with Crippen molar-refractivity contribution in [3.05, 3.63) is 88.9 Å². The lowest BCUT2D eigenvalue weighted by Gasteiger charge is -2.15. The van der Waals surface area contributed by atoms with Crippen LogP contribution in [0.3, 0.4) is 0 Å². The zero-order valence-corrected chi connectivity index (χ0v) is 14.4. The summed E-state index contributed by atoms with van der Waals surface area (Å²) in [6, 6.07) is 21.4. The van der Waals surface area contributed by atoms with E-state index in [0.29, 0.717) is 10.6 Å². The third-order valence-corrected chi connectivity index (χ3v) is 4.29. The monoisotopic (exact) mass is 352 g/mol. The maximum atomic E-state index is 12.3. The smallest absolute Gasteiger partial charge is 0.338 e. The molecule has 0 fully saturated rings. The molecule has 4 heteroatoms. The van der Waals surface area contributed by atoms with Crippen LogP contribution in [0.1, 0.15) is 28.9 Å². The van der Waals surface area contributed by atoms with E-state index >= 15 is 0 Å². The van der Waals surface area contributed by atoms with Gasteiger partial charge < -0.3 is 9.84 Å². The number of hydrogen-bond acceptors (Lipinski definition) is 3. The molecule has 0 aliphatic rings. The first-order valence-electron chi connectivity index (χ1n) is 7.89. The lowest BCUT2D eigenvalue weighted by molar-refractivity contribution is 0.0338. The molecule has 3 rings (SSSR count). The second-order valence-electron chi connectivity index (χ2n) is 5.69. The number of rotatable bonds is 4. The van der Waals surface area contributed by atoms with E-state index in [9.17, 15) is 9.90 Å². The Morgan fingerprint density at radius 3 is 2.08 bits per heavy atom. The van der Waals surface area contributed by atoms with Crippen molar-refractivity contribution in [2.75, 3.05) is 0 Å². The molecular formula is C21H17ClO3. The fourth-order valence-electron chi connectivity index (χ4n) is 2.55. The van der Waals surface area contributed by atoms with E-state index in [-0.39, 0.29) is 5.75 Å². The molecule has 0 radical (unpaired) electrons. The van der Waals surface area contributed by atoms with E-state index in [1.54, 1.807) is 37.3 Å². The van der Waals surface area contributed by atoms with Crippen LogP contribution in [0, 0.1) is 0 Å². The van der Waals surface area contributed by atoms with Gasteiger partial charge in [0.2, 0.25) is 0 Å². The number of hydrogen-bond donors (Lipinski definition) is 1. The summed E-state index contributed by atoms with van der Waals surface area (Å²) < 4.78 is 5.51. The first-order chi connectivity index (χ1) is 12.0. The number of phenolic OH excluding ortho intramolecular Hbond substituents is 1. The summed E-state index contributed by atoms with van der Waals surface area (Å²) in [6.07, 6.45) is -0.432. The molecule has 25 heavy (non-hydrogen) atoms. The first-order valence-corrected chi connectivity index (χ1v) is 8.27. The number of halogens is 1. The Bertz CT molecular complexity index is 870. The SMILES string of the molecule is C[C@H](OC(=O)c1ccc(-c2ccc(O)cc2)cc1)c1ccccc1Cl. The number of esters is 1. The topological polar surface area (TPSA) is 46.5 Å². The highest BCUT2D eigenvalue weighted by atomic mass is 35.5. The van der Waals surface area contributed by atoms with Gasteiger partial charge in [-0.2, -0.15) is 0 Å². The molecule has 3 aromatic carbocycles.